The number of carbonyl (C=O) groups is 2. The van der Waals surface area contributed by atoms with Crippen LogP contribution in [-0.2, 0) is 22.6 Å². The molecule has 6 rings (SSSR count). The Balaban J connectivity index is 0.000000178. The first-order chi connectivity index (χ1) is 14.6. The van der Waals surface area contributed by atoms with Gasteiger partial charge >= 0.3 is 0 Å². The van der Waals surface area contributed by atoms with Crippen LogP contribution in [0.15, 0.2) is 48.5 Å². The Morgan fingerprint density at radius 1 is 1.00 bits per heavy atom. The highest BCUT2D eigenvalue weighted by Gasteiger charge is 2.39. The summed E-state index contributed by atoms with van der Waals surface area (Å²) in [5.74, 6) is 1.81. The molecule has 0 aliphatic carbocycles. The Labute approximate surface area is 174 Å². The van der Waals surface area contributed by atoms with Crippen LogP contribution in [0.3, 0.4) is 0 Å². The normalized spacial score (nSPS) is 19.7. The van der Waals surface area contributed by atoms with E-state index in [1.165, 1.54) is 10.9 Å². The summed E-state index contributed by atoms with van der Waals surface area (Å²) in [5.41, 5.74) is 3.33. The average molecular weight is 405 g/mol. The molecule has 0 radical (unpaired) electrons. The van der Waals surface area contributed by atoms with Gasteiger partial charge in [0.05, 0.1) is 6.54 Å². The van der Waals surface area contributed by atoms with Crippen LogP contribution >= 0.6 is 0 Å². The first-order valence-corrected chi connectivity index (χ1v) is 10.1. The molecule has 154 valence electrons. The van der Waals surface area contributed by atoms with Crippen LogP contribution in [-0.4, -0.2) is 53.0 Å². The van der Waals surface area contributed by atoms with Crippen molar-refractivity contribution in [3.63, 3.8) is 0 Å². The topological polar surface area (TPSA) is 74.9 Å². The van der Waals surface area contributed by atoms with Crippen LogP contribution in [0.4, 0.5) is 0 Å². The Morgan fingerprint density at radius 2 is 1.70 bits per heavy atom. The predicted octanol–water partition coefficient (Wildman–Crippen LogP) is 2.70. The molecule has 0 spiro atoms. The zero-order valence-electron chi connectivity index (χ0n) is 16.8. The maximum absolute atomic E-state index is 12.5. The first-order valence-electron chi connectivity index (χ1n) is 10.1. The summed E-state index contributed by atoms with van der Waals surface area (Å²) in [4.78, 5) is 31.6. The molecule has 0 saturated carbocycles. The van der Waals surface area contributed by atoms with Crippen LogP contribution in [0.2, 0.25) is 0 Å². The number of aromatic nitrogens is 1. The van der Waals surface area contributed by atoms with E-state index < -0.39 is 0 Å². The molecule has 7 nitrogen and oxygen atoms in total. The number of hydrogen-bond donors (Lipinski definition) is 1. The molecule has 2 amide bonds. The van der Waals surface area contributed by atoms with Gasteiger partial charge in [0.1, 0.15) is 6.04 Å². The van der Waals surface area contributed by atoms with Crippen molar-refractivity contribution >= 4 is 22.7 Å². The predicted molar refractivity (Wildman–Crippen MR) is 111 cm³/mol. The number of fused-ring (bicyclic) bond motifs is 5. The highest BCUT2D eigenvalue weighted by Crippen LogP contribution is 2.32. The lowest BCUT2D eigenvalue weighted by atomic mass is 9.96. The van der Waals surface area contributed by atoms with E-state index in [4.69, 9.17) is 9.47 Å². The summed E-state index contributed by atoms with van der Waals surface area (Å²) < 4.78 is 10.2. The molecule has 3 aliphatic heterocycles. The Kier molecular flexibility index (Phi) is 4.58. The second-order valence-electron chi connectivity index (χ2n) is 7.73. The van der Waals surface area contributed by atoms with Gasteiger partial charge in [0.2, 0.25) is 18.6 Å². The van der Waals surface area contributed by atoms with E-state index in [-0.39, 0.29) is 17.9 Å². The Hall–Kier alpha value is -3.48. The fourth-order valence-electron chi connectivity index (χ4n) is 4.31. The van der Waals surface area contributed by atoms with Crippen molar-refractivity contribution in [2.75, 3.05) is 20.4 Å². The molecule has 1 N–H and O–H groups in total. The summed E-state index contributed by atoms with van der Waals surface area (Å²) >= 11 is 0. The van der Waals surface area contributed by atoms with Crippen LogP contribution in [0.5, 0.6) is 11.5 Å². The number of hydrogen-bond acceptors (Lipinski definition) is 4. The number of amides is 2. The molecule has 7 heteroatoms. The van der Waals surface area contributed by atoms with E-state index >= 15 is 0 Å². The number of H-pyrrole nitrogens is 1. The van der Waals surface area contributed by atoms with Gasteiger partial charge < -0.3 is 24.3 Å². The second kappa shape index (κ2) is 7.40. The van der Waals surface area contributed by atoms with Gasteiger partial charge in [0.25, 0.3) is 0 Å². The third kappa shape index (κ3) is 3.16. The van der Waals surface area contributed by atoms with Crippen LogP contribution in [0.25, 0.3) is 10.9 Å². The summed E-state index contributed by atoms with van der Waals surface area (Å²) in [6, 6.07) is 15.4. The number of nitrogens with zero attached hydrogens (tertiary/aromatic N) is 2. The van der Waals surface area contributed by atoms with Gasteiger partial charge in [0, 0.05) is 43.0 Å². The maximum Gasteiger partial charge on any atom is 0.245 e. The van der Waals surface area contributed by atoms with Gasteiger partial charge in [-0.3, -0.25) is 9.59 Å². The van der Waals surface area contributed by atoms with Crippen molar-refractivity contribution in [2.24, 2.45) is 0 Å². The molecule has 1 fully saturated rings. The molecule has 1 saturated heterocycles. The first kappa shape index (κ1) is 18.5. The summed E-state index contributed by atoms with van der Waals surface area (Å²) in [7, 11) is 1.78. The van der Waals surface area contributed by atoms with Crippen molar-refractivity contribution < 1.29 is 19.1 Å². The molecule has 3 aliphatic rings. The van der Waals surface area contributed by atoms with E-state index in [0.717, 1.165) is 22.7 Å². The zero-order chi connectivity index (χ0) is 20.7. The van der Waals surface area contributed by atoms with E-state index in [1.54, 1.807) is 16.8 Å². The molecule has 4 heterocycles. The van der Waals surface area contributed by atoms with Crippen molar-refractivity contribution in [3.8, 4) is 11.5 Å². The minimum atomic E-state index is -0.350. The highest BCUT2D eigenvalue weighted by molar-refractivity contribution is 5.93. The molecule has 30 heavy (non-hydrogen) atoms. The van der Waals surface area contributed by atoms with Crippen molar-refractivity contribution in [1.82, 2.24) is 14.8 Å². The van der Waals surface area contributed by atoms with Crippen LogP contribution < -0.4 is 9.47 Å². The van der Waals surface area contributed by atoms with Crippen molar-refractivity contribution in [3.05, 3.63) is 59.8 Å². The smallest absolute Gasteiger partial charge is 0.245 e. The molecule has 1 atom stereocenters. The lowest BCUT2D eigenvalue weighted by Gasteiger charge is -2.33. The zero-order valence-corrected chi connectivity index (χ0v) is 16.8. The number of para-hydroxylation sites is 3. The molecule has 3 aromatic rings. The van der Waals surface area contributed by atoms with Gasteiger partial charge in [0.15, 0.2) is 11.5 Å². The largest absolute Gasteiger partial charge is 0.454 e. The summed E-state index contributed by atoms with van der Waals surface area (Å²) in [6.07, 6.45) is 1.02. The summed E-state index contributed by atoms with van der Waals surface area (Å²) in [5, 5.41) is 1.17. The third-order valence-electron chi connectivity index (χ3n) is 5.92. The number of benzene rings is 2. The third-order valence-corrected chi connectivity index (χ3v) is 5.92. The lowest BCUT2D eigenvalue weighted by Crippen LogP contribution is -2.49. The minimum Gasteiger partial charge on any atom is -0.454 e. The van der Waals surface area contributed by atoms with Gasteiger partial charge in [-0.05, 0) is 23.8 Å². The fourth-order valence-corrected chi connectivity index (χ4v) is 4.31. The maximum atomic E-state index is 12.5. The standard InChI is InChI=1S/C16H17N3O2.C7H6O2/c1-18-7-6-15(20)19-9-13-11(8-14(19)16(18)21)10-4-2-3-5-12(10)17-13;1-2-4-7-6(3-1)8-5-9-7/h2-5,14,17H,6-9H2,1H3;1-4H,5H2/t14-;/m0./s1. The minimum absolute atomic E-state index is 0.0526. The van der Waals surface area contributed by atoms with E-state index in [1.807, 2.05) is 42.5 Å². The van der Waals surface area contributed by atoms with E-state index in [9.17, 15) is 9.59 Å². The molecule has 1 aromatic heterocycles. The molecular formula is C23H23N3O4. The fraction of sp³-hybridized carbons (Fsp3) is 0.304. The quantitative estimate of drug-likeness (QED) is 0.624. The van der Waals surface area contributed by atoms with Gasteiger partial charge in [-0.2, -0.15) is 0 Å². The summed E-state index contributed by atoms with van der Waals surface area (Å²) in [6.45, 7) is 1.38. The number of carbonyl (C=O) groups excluding carboxylic acids is 2. The van der Waals surface area contributed by atoms with Gasteiger partial charge in [-0.25, -0.2) is 0 Å². The number of rotatable bonds is 0. The van der Waals surface area contributed by atoms with Gasteiger partial charge in [-0.1, -0.05) is 30.3 Å². The average Bonchev–Trinajstić information content (AvgIpc) is 3.38. The second-order valence-corrected chi connectivity index (χ2v) is 7.73. The molecule has 0 unspecified atom stereocenters. The number of ether oxygens (including phenoxy) is 2. The Morgan fingerprint density at radius 3 is 2.47 bits per heavy atom. The Bertz CT molecular complexity index is 1100. The van der Waals surface area contributed by atoms with Gasteiger partial charge in [-0.15, -0.1) is 0 Å². The van der Waals surface area contributed by atoms with E-state index in [2.05, 4.69) is 11.1 Å². The number of likely N-dealkylation sites (N-methyl/N-ethyl adjacent to an activating group) is 1. The molecular weight excluding hydrogens is 382 g/mol. The number of aromatic amines is 1. The van der Waals surface area contributed by atoms with Crippen molar-refractivity contribution in [1.29, 1.82) is 0 Å². The molecule has 0 bridgehead atoms. The number of nitrogens with one attached hydrogen (secondary N) is 1. The lowest BCUT2D eigenvalue weighted by molar-refractivity contribution is -0.141. The van der Waals surface area contributed by atoms with E-state index in [0.29, 0.717) is 32.7 Å². The monoisotopic (exact) mass is 405 g/mol. The highest BCUT2D eigenvalue weighted by atomic mass is 16.7. The van der Waals surface area contributed by atoms with Crippen LogP contribution in [0, 0.1) is 0 Å². The SMILES string of the molecule is CN1CCC(=O)N2Cc3[nH]c4ccccc4c3C[C@H]2C1=O.c1ccc2c(c1)OCO2. The van der Waals surface area contributed by atoms with Crippen molar-refractivity contribution in [2.45, 2.75) is 25.4 Å². The van der Waals surface area contributed by atoms with Crippen LogP contribution in [0.1, 0.15) is 17.7 Å². The molecule has 2 aromatic carbocycles.